The Kier molecular flexibility index (Phi) is 6.11. The van der Waals surface area contributed by atoms with Gasteiger partial charge in [0.1, 0.15) is 0 Å². The number of rotatable bonds is 7. The summed E-state index contributed by atoms with van der Waals surface area (Å²) in [6.07, 6.45) is 0. The van der Waals surface area contributed by atoms with Crippen LogP contribution in [-0.4, -0.2) is 33.7 Å². The van der Waals surface area contributed by atoms with Crippen LogP contribution in [0.4, 0.5) is 5.69 Å². The van der Waals surface area contributed by atoms with E-state index in [4.69, 9.17) is 0 Å². The van der Waals surface area contributed by atoms with Crippen molar-refractivity contribution in [2.75, 3.05) is 23.7 Å². The molecule has 0 atom stereocenters. The van der Waals surface area contributed by atoms with Gasteiger partial charge in [0.05, 0.1) is 11.4 Å². The third-order valence-electron chi connectivity index (χ3n) is 4.41. The fourth-order valence-electron chi connectivity index (χ4n) is 2.80. The van der Waals surface area contributed by atoms with Gasteiger partial charge in [0.25, 0.3) is 5.91 Å². The van der Waals surface area contributed by atoms with Crippen molar-refractivity contribution >= 4 is 21.6 Å². The molecule has 0 unspecified atom stereocenters. The predicted octanol–water partition coefficient (Wildman–Crippen LogP) is 3.55. The summed E-state index contributed by atoms with van der Waals surface area (Å²) in [5, 5.41) is 2.70. The van der Waals surface area contributed by atoms with Gasteiger partial charge in [-0.2, -0.15) is 0 Å². The largest absolute Gasteiger partial charge is 0.351 e. The Bertz CT molecular complexity index is 1040. The molecule has 0 bridgehead atoms. The molecular weight excluding hydrogens is 372 g/mol. The molecule has 1 amide bonds. The van der Waals surface area contributed by atoms with Crippen molar-refractivity contribution in [1.82, 2.24) is 5.32 Å². The Morgan fingerprint density at radius 1 is 0.857 bits per heavy atom. The zero-order chi connectivity index (χ0) is 20.0. The molecule has 0 heterocycles. The van der Waals surface area contributed by atoms with Gasteiger partial charge in [-0.15, -0.1) is 0 Å². The highest BCUT2D eigenvalue weighted by Gasteiger charge is 2.18. The number of sulfonamides is 1. The van der Waals surface area contributed by atoms with Gasteiger partial charge in [-0.3, -0.25) is 9.10 Å². The topological polar surface area (TPSA) is 66.5 Å². The minimum absolute atomic E-state index is 0.0356. The van der Waals surface area contributed by atoms with Gasteiger partial charge in [-0.05, 0) is 35.4 Å². The van der Waals surface area contributed by atoms with E-state index in [2.05, 4.69) is 5.32 Å². The van der Waals surface area contributed by atoms with Crippen LogP contribution in [0.3, 0.4) is 0 Å². The predicted molar refractivity (Wildman–Crippen MR) is 113 cm³/mol. The molecule has 0 aliphatic heterocycles. The molecule has 0 aliphatic carbocycles. The van der Waals surface area contributed by atoms with Crippen LogP contribution >= 0.6 is 0 Å². The number of carbonyl (C=O) groups excluding carboxylic acids is 1. The molecule has 3 rings (SSSR count). The standard InChI is InChI=1S/C22H22N2O3S/c1-24(21-13-6-3-7-14-21)28(26,27)16-15-23-22(25)20-12-8-11-19(17-20)18-9-4-2-5-10-18/h2-14,17H,15-16H2,1H3,(H,23,25). The smallest absolute Gasteiger partial charge is 0.251 e. The summed E-state index contributed by atoms with van der Waals surface area (Å²) < 4.78 is 26.2. The fraction of sp³-hybridized carbons (Fsp3) is 0.136. The summed E-state index contributed by atoms with van der Waals surface area (Å²) in [5.74, 6) is -0.474. The van der Waals surface area contributed by atoms with Crippen molar-refractivity contribution in [2.24, 2.45) is 0 Å². The van der Waals surface area contributed by atoms with Crippen molar-refractivity contribution in [3.05, 3.63) is 90.5 Å². The summed E-state index contributed by atoms with van der Waals surface area (Å²) >= 11 is 0. The number of nitrogens with zero attached hydrogens (tertiary/aromatic N) is 1. The highest BCUT2D eigenvalue weighted by molar-refractivity contribution is 7.92. The van der Waals surface area contributed by atoms with Crippen LogP contribution < -0.4 is 9.62 Å². The maximum absolute atomic E-state index is 12.5. The molecule has 3 aromatic rings. The van der Waals surface area contributed by atoms with Crippen LogP contribution in [0.5, 0.6) is 0 Å². The zero-order valence-electron chi connectivity index (χ0n) is 15.6. The molecule has 5 nitrogen and oxygen atoms in total. The molecular formula is C22H22N2O3S. The molecule has 0 radical (unpaired) electrons. The summed E-state index contributed by atoms with van der Waals surface area (Å²) in [7, 11) is -2.01. The molecule has 3 aromatic carbocycles. The lowest BCUT2D eigenvalue weighted by Gasteiger charge is -2.19. The van der Waals surface area contributed by atoms with E-state index in [1.807, 2.05) is 48.5 Å². The SMILES string of the molecule is CN(c1ccccc1)S(=O)(=O)CCNC(=O)c1cccc(-c2ccccc2)c1. The van der Waals surface area contributed by atoms with Crippen molar-refractivity contribution in [2.45, 2.75) is 0 Å². The third kappa shape index (κ3) is 4.78. The zero-order valence-corrected chi connectivity index (χ0v) is 16.4. The first-order valence-electron chi connectivity index (χ1n) is 8.93. The highest BCUT2D eigenvalue weighted by atomic mass is 32.2. The Balaban J connectivity index is 1.62. The number of hydrogen-bond acceptors (Lipinski definition) is 3. The molecule has 0 aliphatic rings. The van der Waals surface area contributed by atoms with Crippen molar-refractivity contribution < 1.29 is 13.2 Å². The normalized spacial score (nSPS) is 11.0. The van der Waals surface area contributed by atoms with Crippen molar-refractivity contribution in [1.29, 1.82) is 0 Å². The maximum atomic E-state index is 12.5. The number of para-hydroxylation sites is 1. The molecule has 0 aromatic heterocycles. The van der Waals surface area contributed by atoms with E-state index in [0.29, 0.717) is 11.3 Å². The van der Waals surface area contributed by atoms with Gasteiger partial charge in [0.15, 0.2) is 0 Å². The van der Waals surface area contributed by atoms with Crippen LogP contribution in [0.25, 0.3) is 11.1 Å². The van der Waals surface area contributed by atoms with E-state index in [9.17, 15) is 13.2 Å². The van der Waals surface area contributed by atoms with E-state index >= 15 is 0 Å². The maximum Gasteiger partial charge on any atom is 0.251 e. The molecule has 28 heavy (non-hydrogen) atoms. The minimum atomic E-state index is -3.52. The van der Waals surface area contributed by atoms with Gasteiger partial charge in [0.2, 0.25) is 10.0 Å². The van der Waals surface area contributed by atoms with Crippen LogP contribution in [0.1, 0.15) is 10.4 Å². The number of anilines is 1. The Labute approximate surface area is 165 Å². The quantitative estimate of drug-likeness (QED) is 0.666. The number of amides is 1. The lowest BCUT2D eigenvalue weighted by Crippen LogP contribution is -2.35. The fourth-order valence-corrected chi connectivity index (χ4v) is 3.88. The number of nitrogens with one attached hydrogen (secondary N) is 1. The van der Waals surface area contributed by atoms with Gasteiger partial charge in [-0.25, -0.2) is 8.42 Å². The van der Waals surface area contributed by atoms with Crippen molar-refractivity contribution in [3.63, 3.8) is 0 Å². The Morgan fingerprint density at radius 3 is 2.14 bits per heavy atom. The third-order valence-corrected chi connectivity index (χ3v) is 6.18. The van der Waals surface area contributed by atoms with Crippen LogP contribution in [0.2, 0.25) is 0 Å². The molecule has 0 saturated heterocycles. The molecule has 6 heteroatoms. The Morgan fingerprint density at radius 2 is 1.46 bits per heavy atom. The monoisotopic (exact) mass is 394 g/mol. The average molecular weight is 394 g/mol. The Hall–Kier alpha value is -3.12. The highest BCUT2D eigenvalue weighted by Crippen LogP contribution is 2.20. The lowest BCUT2D eigenvalue weighted by molar-refractivity contribution is 0.0956. The minimum Gasteiger partial charge on any atom is -0.351 e. The second kappa shape index (κ2) is 8.71. The molecule has 0 saturated carbocycles. The lowest BCUT2D eigenvalue weighted by atomic mass is 10.0. The van der Waals surface area contributed by atoms with Gasteiger partial charge in [-0.1, -0.05) is 60.7 Å². The average Bonchev–Trinajstić information content (AvgIpc) is 2.74. The second-order valence-corrected chi connectivity index (χ2v) is 8.44. The van der Waals surface area contributed by atoms with E-state index in [1.54, 1.807) is 36.4 Å². The first kappa shape index (κ1) is 19.6. The molecule has 0 fully saturated rings. The van der Waals surface area contributed by atoms with E-state index in [1.165, 1.54) is 11.4 Å². The van der Waals surface area contributed by atoms with E-state index in [-0.39, 0.29) is 18.2 Å². The van der Waals surface area contributed by atoms with E-state index in [0.717, 1.165) is 11.1 Å². The van der Waals surface area contributed by atoms with Crippen LogP contribution in [0, 0.1) is 0 Å². The number of carbonyl (C=O) groups is 1. The summed E-state index contributed by atoms with van der Waals surface area (Å²) in [5.41, 5.74) is 3.04. The second-order valence-electron chi connectivity index (χ2n) is 6.32. The molecule has 144 valence electrons. The summed E-state index contributed by atoms with van der Waals surface area (Å²) in [6, 6.07) is 25.9. The first-order chi connectivity index (χ1) is 13.5. The van der Waals surface area contributed by atoms with Gasteiger partial charge >= 0.3 is 0 Å². The number of hydrogen-bond donors (Lipinski definition) is 1. The number of benzene rings is 3. The van der Waals surface area contributed by atoms with Crippen LogP contribution in [-0.2, 0) is 10.0 Å². The van der Waals surface area contributed by atoms with Gasteiger partial charge in [0, 0.05) is 19.2 Å². The van der Waals surface area contributed by atoms with E-state index < -0.39 is 10.0 Å². The van der Waals surface area contributed by atoms with Crippen LogP contribution in [0.15, 0.2) is 84.9 Å². The van der Waals surface area contributed by atoms with Gasteiger partial charge < -0.3 is 5.32 Å². The van der Waals surface area contributed by atoms with Crippen molar-refractivity contribution in [3.8, 4) is 11.1 Å². The summed E-state index contributed by atoms with van der Waals surface area (Å²) in [4.78, 5) is 12.4. The first-order valence-corrected chi connectivity index (χ1v) is 10.5. The molecule has 0 spiro atoms. The molecule has 1 N–H and O–H groups in total. The summed E-state index contributed by atoms with van der Waals surface area (Å²) in [6.45, 7) is 0.0356.